The van der Waals surface area contributed by atoms with E-state index in [2.05, 4.69) is 5.32 Å². The van der Waals surface area contributed by atoms with Gasteiger partial charge in [0, 0.05) is 11.1 Å². The maximum Gasteiger partial charge on any atom is 0.193 e. The third kappa shape index (κ3) is 2.87. The Kier molecular flexibility index (Phi) is 4.81. The number of ether oxygens (including phenoxy) is 2. The number of benzene rings is 1. The van der Waals surface area contributed by atoms with Gasteiger partial charge in [0.2, 0.25) is 0 Å². The van der Waals surface area contributed by atoms with Crippen LogP contribution < -0.4 is 14.8 Å². The van der Waals surface area contributed by atoms with E-state index in [9.17, 15) is 0 Å². The van der Waals surface area contributed by atoms with Crippen molar-refractivity contribution in [2.45, 2.75) is 6.04 Å². The second-order valence-corrected chi connectivity index (χ2v) is 4.87. The molecule has 0 spiro atoms. The fraction of sp³-hybridized carbons (Fsp3) is 0.286. The van der Waals surface area contributed by atoms with Gasteiger partial charge in [0.25, 0.3) is 0 Å². The highest BCUT2D eigenvalue weighted by atomic mass is 35.5. The van der Waals surface area contributed by atoms with Crippen LogP contribution >= 0.6 is 23.2 Å². The first-order chi connectivity index (χ1) is 9.60. The average molecular weight is 316 g/mol. The minimum absolute atomic E-state index is 0.227. The Hall–Kier alpha value is -1.36. The van der Waals surface area contributed by atoms with Crippen LogP contribution in [0.25, 0.3) is 0 Å². The summed E-state index contributed by atoms with van der Waals surface area (Å²) in [6.07, 6.45) is 0. The number of halogens is 2. The molecule has 0 fully saturated rings. The van der Waals surface area contributed by atoms with Gasteiger partial charge in [-0.25, -0.2) is 0 Å². The second kappa shape index (κ2) is 6.39. The predicted octanol–water partition coefficient (Wildman–Crippen LogP) is 3.91. The molecule has 2 rings (SSSR count). The topological polar surface area (TPSA) is 43.6 Å². The van der Waals surface area contributed by atoms with Gasteiger partial charge in [-0.2, -0.15) is 0 Å². The minimum Gasteiger partial charge on any atom is -0.493 e. The Balaban J connectivity index is 2.49. The Morgan fingerprint density at radius 1 is 1.10 bits per heavy atom. The zero-order valence-electron chi connectivity index (χ0n) is 11.4. The fourth-order valence-electron chi connectivity index (χ4n) is 2.03. The zero-order valence-corrected chi connectivity index (χ0v) is 12.9. The molecule has 108 valence electrons. The molecule has 1 unspecified atom stereocenters. The van der Waals surface area contributed by atoms with Crippen LogP contribution in [-0.4, -0.2) is 21.3 Å². The molecule has 0 saturated carbocycles. The summed E-state index contributed by atoms with van der Waals surface area (Å²) in [6, 6.07) is 6.80. The molecule has 6 heteroatoms. The monoisotopic (exact) mass is 315 g/mol. The van der Waals surface area contributed by atoms with Gasteiger partial charge in [0.05, 0.1) is 20.3 Å². The largest absolute Gasteiger partial charge is 0.493 e. The fourth-order valence-corrected chi connectivity index (χ4v) is 2.44. The van der Waals surface area contributed by atoms with Crippen LogP contribution in [0.1, 0.15) is 17.4 Å². The van der Waals surface area contributed by atoms with Crippen molar-refractivity contribution in [2.75, 3.05) is 21.3 Å². The van der Waals surface area contributed by atoms with Crippen molar-refractivity contribution < 1.29 is 13.9 Å². The minimum atomic E-state index is -0.227. The molecule has 1 heterocycles. The molecule has 1 aromatic heterocycles. The number of hydrogen-bond donors (Lipinski definition) is 1. The maximum atomic E-state index is 6.32. The molecule has 1 N–H and O–H groups in total. The lowest BCUT2D eigenvalue weighted by Crippen LogP contribution is -2.17. The van der Waals surface area contributed by atoms with Crippen molar-refractivity contribution in [2.24, 2.45) is 0 Å². The number of rotatable bonds is 5. The molecule has 0 saturated heterocycles. The molecule has 1 aromatic carbocycles. The molecular weight excluding hydrogens is 301 g/mol. The highest BCUT2D eigenvalue weighted by Crippen LogP contribution is 2.38. The quantitative estimate of drug-likeness (QED) is 0.908. The van der Waals surface area contributed by atoms with Crippen LogP contribution in [0.5, 0.6) is 11.5 Å². The standard InChI is InChI=1S/C14H15Cl2NO3/c1-17-14(10-4-5-13(16)20-10)8-6-11(18-2)12(19-3)7-9(8)15/h4-7,14,17H,1-3H3. The van der Waals surface area contributed by atoms with E-state index in [4.69, 9.17) is 37.1 Å². The van der Waals surface area contributed by atoms with E-state index in [1.807, 2.05) is 13.1 Å². The summed E-state index contributed by atoms with van der Waals surface area (Å²) in [6.45, 7) is 0. The SMILES string of the molecule is CNC(c1ccc(Cl)o1)c1cc(OC)c(OC)cc1Cl. The van der Waals surface area contributed by atoms with Crippen LogP contribution in [0.4, 0.5) is 0 Å². The lowest BCUT2D eigenvalue weighted by Gasteiger charge is -2.18. The molecule has 0 aliphatic rings. The predicted molar refractivity (Wildman–Crippen MR) is 79.2 cm³/mol. The van der Waals surface area contributed by atoms with Crippen LogP contribution in [0.2, 0.25) is 10.2 Å². The van der Waals surface area contributed by atoms with E-state index in [0.29, 0.717) is 27.5 Å². The van der Waals surface area contributed by atoms with Gasteiger partial charge in [0.1, 0.15) is 5.76 Å². The maximum absolute atomic E-state index is 6.32. The van der Waals surface area contributed by atoms with Crippen LogP contribution in [-0.2, 0) is 0 Å². The van der Waals surface area contributed by atoms with Gasteiger partial charge >= 0.3 is 0 Å². The van der Waals surface area contributed by atoms with Crippen molar-refractivity contribution in [1.29, 1.82) is 0 Å². The summed E-state index contributed by atoms with van der Waals surface area (Å²) in [5, 5.41) is 4.03. The van der Waals surface area contributed by atoms with Gasteiger partial charge in [-0.05, 0) is 42.4 Å². The van der Waals surface area contributed by atoms with Crippen LogP contribution in [0, 0.1) is 0 Å². The lowest BCUT2D eigenvalue weighted by atomic mass is 10.0. The number of nitrogens with one attached hydrogen (secondary N) is 1. The zero-order chi connectivity index (χ0) is 14.7. The summed E-state index contributed by atoms with van der Waals surface area (Å²) in [5.74, 6) is 1.85. The van der Waals surface area contributed by atoms with Gasteiger partial charge < -0.3 is 19.2 Å². The molecule has 0 radical (unpaired) electrons. The number of furan rings is 1. The van der Waals surface area contributed by atoms with Gasteiger partial charge in [-0.1, -0.05) is 11.6 Å². The lowest BCUT2D eigenvalue weighted by molar-refractivity contribution is 0.354. The molecule has 0 aliphatic carbocycles. The summed E-state index contributed by atoms with van der Waals surface area (Å²) >= 11 is 12.1. The van der Waals surface area contributed by atoms with Crippen molar-refractivity contribution in [3.8, 4) is 11.5 Å². The summed E-state index contributed by atoms with van der Waals surface area (Å²) in [7, 11) is 4.96. The van der Waals surface area contributed by atoms with Crippen LogP contribution in [0.15, 0.2) is 28.7 Å². The highest BCUT2D eigenvalue weighted by Gasteiger charge is 2.21. The third-order valence-electron chi connectivity index (χ3n) is 2.98. The first kappa shape index (κ1) is 15.0. The molecule has 20 heavy (non-hydrogen) atoms. The van der Waals surface area contributed by atoms with E-state index in [-0.39, 0.29) is 6.04 Å². The van der Waals surface area contributed by atoms with E-state index < -0.39 is 0 Å². The summed E-state index contributed by atoms with van der Waals surface area (Å²) < 4.78 is 16.0. The van der Waals surface area contributed by atoms with Gasteiger partial charge in [-0.15, -0.1) is 0 Å². The molecule has 0 amide bonds. The second-order valence-electron chi connectivity index (χ2n) is 4.09. The molecule has 2 aromatic rings. The molecule has 0 aliphatic heterocycles. The first-order valence-corrected chi connectivity index (χ1v) is 6.70. The first-order valence-electron chi connectivity index (χ1n) is 5.94. The van der Waals surface area contributed by atoms with Crippen molar-refractivity contribution in [3.63, 3.8) is 0 Å². The van der Waals surface area contributed by atoms with E-state index in [1.165, 1.54) is 0 Å². The Bertz CT molecular complexity index is 598. The Morgan fingerprint density at radius 2 is 1.75 bits per heavy atom. The normalized spacial score (nSPS) is 12.2. The molecule has 0 bridgehead atoms. The van der Waals surface area contributed by atoms with E-state index in [0.717, 1.165) is 5.56 Å². The summed E-state index contributed by atoms with van der Waals surface area (Å²) in [5.41, 5.74) is 0.817. The molecule has 1 atom stereocenters. The Morgan fingerprint density at radius 3 is 2.25 bits per heavy atom. The molecular formula is C14H15Cl2NO3. The third-order valence-corrected chi connectivity index (χ3v) is 3.51. The van der Waals surface area contributed by atoms with E-state index >= 15 is 0 Å². The van der Waals surface area contributed by atoms with Crippen molar-refractivity contribution in [1.82, 2.24) is 5.32 Å². The van der Waals surface area contributed by atoms with Gasteiger partial charge in [-0.3, -0.25) is 0 Å². The molecule has 4 nitrogen and oxygen atoms in total. The smallest absolute Gasteiger partial charge is 0.193 e. The van der Waals surface area contributed by atoms with Crippen LogP contribution in [0.3, 0.4) is 0 Å². The number of hydrogen-bond acceptors (Lipinski definition) is 4. The average Bonchev–Trinajstić information content (AvgIpc) is 2.87. The Labute approximate surface area is 127 Å². The van der Waals surface area contributed by atoms with Gasteiger partial charge in [0.15, 0.2) is 16.7 Å². The van der Waals surface area contributed by atoms with E-state index in [1.54, 1.807) is 32.4 Å². The van der Waals surface area contributed by atoms with Crippen molar-refractivity contribution in [3.05, 3.63) is 45.8 Å². The highest BCUT2D eigenvalue weighted by molar-refractivity contribution is 6.31. The number of methoxy groups -OCH3 is 2. The van der Waals surface area contributed by atoms with Crippen molar-refractivity contribution >= 4 is 23.2 Å². The summed E-state index contributed by atoms with van der Waals surface area (Å²) in [4.78, 5) is 0.